The molecular formula is C11H19Cl2N3O. The molecule has 1 heterocycles. The Kier molecular flexibility index (Phi) is 9.02. The van der Waals surface area contributed by atoms with Crippen molar-refractivity contribution >= 4 is 36.4 Å². The van der Waals surface area contributed by atoms with Crippen LogP contribution in [0.1, 0.15) is 13.8 Å². The van der Waals surface area contributed by atoms with Gasteiger partial charge in [0.15, 0.2) is 0 Å². The van der Waals surface area contributed by atoms with Crippen LogP contribution in [-0.2, 0) is 4.79 Å². The number of hydrogen-bond acceptors (Lipinski definition) is 3. The van der Waals surface area contributed by atoms with Crippen molar-refractivity contribution in [2.24, 2.45) is 11.7 Å². The Balaban J connectivity index is 0. The van der Waals surface area contributed by atoms with Gasteiger partial charge in [-0.2, -0.15) is 0 Å². The Morgan fingerprint density at radius 3 is 2.41 bits per heavy atom. The summed E-state index contributed by atoms with van der Waals surface area (Å²) in [5.74, 6) is -0.173. The molecule has 0 aliphatic rings. The predicted molar refractivity (Wildman–Crippen MR) is 75.0 cm³/mol. The Morgan fingerprint density at radius 1 is 1.41 bits per heavy atom. The molecule has 0 saturated carbocycles. The fourth-order valence-corrected chi connectivity index (χ4v) is 1.21. The number of pyridine rings is 1. The molecule has 17 heavy (non-hydrogen) atoms. The van der Waals surface area contributed by atoms with Crippen molar-refractivity contribution in [2.45, 2.75) is 19.9 Å². The zero-order valence-corrected chi connectivity index (χ0v) is 11.8. The van der Waals surface area contributed by atoms with E-state index >= 15 is 0 Å². The van der Waals surface area contributed by atoms with E-state index in [1.165, 1.54) is 0 Å². The summed E-state index contributed by atoms with van der Waals surface area (Å²) in [4.78, 5) is 17.5. The van der Waals surface area contributed by atoms with Crippen LogP contribution in [0, 0.1) is 5.92 Å². The van der Waals surface area contributed by atoms with Crippen molar-refractivity contribution < 1.29 is 4.79 Å². The fraction of sp³-hybridized carbons (Fsp3) is 0.455. The van der Waals surface area contributed by atoms with Crippen LogP contribution < -0.4 is 10.6 Å². The summed E-state index contributed by atoms with van der Waals surface area (Å²) in [6.07, 6.45) is 3.34. The molecular weight excluding hydrogens is 261 g/mol. The number of nitrogens with two attached hydrogens (primary N) is 1. The first-order chi connectivity index (χ1) is 7.04. The maximum absolute atomic E-state index is 11.9. The van der Waals surface area contributed by atoms with Crippen molar-refractivity contribution in [3.63, 3.8) is 0 Å². The van der Waals surface area contributed by atoms with E-state index in [2.05, 4.69) is 4.98 Å². The van der Waals surface area contributed by atoms with E-state index in [1.807, 2.05) is 19.9 Å². The molecule has 0 aromatic carbocycles. The number of aromatic nitrogens is 1. The average molecular weight is 280 g/mol. The summed E-state index contributed by atoms with van der Waals surface area (Å²) in [6.45, 7) is 3.67. The minimum Gasteiger partial charge on any atom is -0.327 e. The largest absolute Gasteiger partial charge is 0.327 e. The Labute approximate surface area is 114 Å². The lowest BCUT2D eigenvalue weighted by Gasteiger charge is -2.23. The van der Waals surface area contributed by atoms with Crippen molar-refractivity contribution in [3.8, 4) is 0 Å². The molecule has 2 unspecified atom stereocenters. The summed E-state index contributed by atoms with van der Waals surface area (Å²) >= 11 is 0. The van der Waals surface area contributed by atoms with E-state index in [0.717, 1.165) is 5.69 Å². The molecule has 0 radical (unpaired) electrons. The molecule has 0 spiro atoms. The number of nitrogens with zero attached hydrogens (tertiary/aromatic N) is 2. The van der Waals surface area contributed by atoms with E-state index in [4.69, 9.17) is 5.73 Å². The highest BCUT2D eigenvalue weighted by Gasteiger charge is 2.21. The quantitative estimate of drug-likeness (QED) is 0.919. The molecule has 98 valence electrons. The molecule has 1 aromatic rings. The van der Waals surface area contributed by atoms with E-state index < -0.39 is 0 Å². The maximum Gasteiger partial charge on any atom is 0.231 e. The van der Waals surface area contributed by atoms with Gasteiger partial charge in [0.05, 0.1) is 17.8 Å². The van der Waals surface area contributed by atoms with Crippen molar-refractivity contribution in [1.82, 2.24) is 4.98 Å². The number of carbonyl (C=O) groups is 1. The van der Waals surface area contributed by atoms with E-state index in [9.17, 15) is 4.79 Å². The molecule has 0 saturated heterocycles. The zero-order valence-electron chi connectivity index (χ0n) is 10.2. The Hall–Kier alpha value is -0.840. The van der Waals surface area contributed by atoms with Crippen LogP contribution in [-0.4, -0.2) is 24.0 Å². The molecule has 2 atom stereocenters. The third-order valence-electron chi connectivity index (χ3n) is 2.54. The van der Waals surface area contributed by atoms with E-state index in [0.29, 0.717) is 0 Å². The highest BCUT2D eigenvalue weighted by molar-refractivity contribution is 5.94. The third kappa shape index (κ3) is 4.89. The van der Waals surface area contributed by atoms with Gasteiger partial charge < -0.3 is 10.6 Å². The van der Waals surface area contributed by atoms with Gasteiger partial charge in [-0.3, -0.25) is 9.78 Å². The van der Waals surface area contributed by atoms with Gasteiger partial charge in [0.1, 0.15) is 0 Å². The van der Waals surface area contributed by atoms with E-state index in [1.54, 1.807) is 30.4 Å². The molecule has 1 aromatic heterocycles. The fourth-order valence-electron chi connectivity index (χ4n) is 1.21. The molecule has 0 aliphatic heterocycles. The lowest BCUT2D eigenvalue weighted by molar-refractivity contribution is -0.122. The third-order valence-corrected chi connectivity index (χ3v) is 2.54. The topological polar surface area (TPSA) is 59.2 Å². The summed E-state index contributed by atoms with van der Waals surface area (Å²) in [5.41, 5.74) is 6.48. The monoisotopic (exact) mass is 279 g/mol. The second kappa shape index (κ2) is 8.28. The van der Waals surface area contributed by atoms with E-state index in [-0.39, 0.29) is 42.7 Å². The van der Waals surface area contributed by atoms with Crippen LogP contribution in [0.5, 0.6) is 0 Å². The first-order valence-electron chi connectivity index (χ1n) is 4.97. The van der Waals surface area contributed by atoms with Crippen LogP contribution in [0.25, 0.3) is 0 Å². The van der Waals surface area contributed by atoms with Crippen LogP contribution in [0.2, 0.25) is 0 Å². The summed E-state index contributed by atoms with van der Waals surface area (Å²) in [6, 6.07) is 3.51. The molecule has 0 fully saturated rings. The number of hydrogen-bond donors (Lipinski definition) is 1. The second-order valence-corrected chi connectivity index (χ2v) is 3.76. The van der Waals surface area contributed by atoms with Crippen molar-refractivity contribution in [1.29, 1.82) is 0 Å². The standard InChI is InChI=1S/C11H17N3O.2ClH/c1-8(9(2)12)11(15)14(3)10-5-4-6-13-7-10;;/h4-9H,12H2,1-3H3;2*1H. The van der Waals surface area contributed by atoms with Gasteiger partial charge in [-0.25, -0.2) is 0 Å². The number of rotatable bonds is 3. The molecule has 6 heteroatoms. The minimum atomic E-state index is -0.185. The van der Waals surface area contributed by atoms with Gasteiger partial charge in [-0.05, 0) is 19.1 Å². The molecule has 1 amide bonds. The van der Waals surface area contributed by atoms with Gasteiger partial charge in [0.2, 0.25) is 5.91 Å². The number of anilines is 1. The molecule has 0 bridgehead atoms. The number of amides is 1. The highest BCUT2D eigenvalue weighted by Crippen LogP contribution is 2.13. The van der Waals surface area contributed by atoms with Crippen molar-refractivity contribution in [3.05, 3.63) is 24.5 Å². The van der Waals surface area contributed by atoms with Gasteiger partial charge in [-0.1, -0.05) is 6.92 Å². The SMILES string of the molecule is CC(N)C(C)C(=O)N(C)c1cccnc1.Cl.Cl. The highest BCUT2D eigenvalue weighted by atomic mass is 35.5. The summed E-state index contributed by atoms with van der Waals surface area (Å²) < 4.78 is 0. The average Bonchev–Trinajstić information content (AvgIpc) is 2.27. The normalized spacial score (nSPS) is 12.7. The minimum absolute atomic E-state index is 0. The lowest BCUT2D eigenvalue weighted by atomic mass is 10.0. The Bertz CT molecular complexity index is 333. The zero-order chi connectivity index (χ0) is 11.4. The maximum atomic E-state index is 11.9. The van der Waals surface area contributed by atoms with Gasteiger partial charge >= 0.3 is 0 Å². The van der Waals surface area contributed by atoms with Gasteiger partial charge in [-0.15, -0.1) is 24.8 Å². The number of carbonyl (C=O) groups excluding carboxylic acids is 1. The van der Waals surface area contributed by atoms with Crippen LogP contribution in [0.15, 0.2) is 24.5 Å². The van der Waals surface area contributed by atoms with Gasteiger partial charge in [0, 0.05) is 19.3 Å². The smallest absolute Gasteiger partial charge is 0.231 e. The first kappa shape index (κ1) is 18.5. The Morgan fingerprint density at radius 2 is 2.00 bits per heavy atom. The number of halogens is 2. The second-order valence-electron chi connectivity index (χ2n) is 3.76. The van der Waals surface area contributed by atoms with Crippen LogP contribution in [0.4, 0.5) is 5.69 Å². The molecule has 1 rings (SSSR count). The van der Waals surface area contributed by atoms with Crippen molar-refractivity contribution in [2.75, 3.05) is 11.9 Å². The summed E-state index contributed by atoms with van der Waals surface area (Å²) in [5, 5.41) is 0. The predicted octanol–water partition coefficient (Wildman–Crippen LogP) is 1.87. The molecule has 0 aliphatic carbocycles. The lowest BCUT2D eigenvalue weighted by Crippen LogP contribution is -2.39. The first-order valence-corrected chi connectivity index (χ1v) is 4.97. The van der Waals surface area contributed by atoms with Crippen LogP contribution in [0.3, 0.4) is 0 Å². The molecule has 4 nitrogen and oxygen atoms in total. The van der Waals surface area contributed by atoms with Gasteiger partial charge in [0.25, 0.3) is 0 Å². The summed E-state index contributed by atoms with van der Waals surface area (Å²) in [7, 11) is 1.73. The van der Waals surface area contributed by atoms with Crippen LogP contribution >= 0.6 is 24.8 Å². The molecule has 2 N–H and O–H groups in total.